The van der Waals surface area contributed by atoms with Crippen LogP contribution in [-0.2, 0) is 0 Å². The number of fused-ring (bicyclic) bond motifs is 3. The molecule has 0 radical (unpaired) electrons. The molecule has 1 aliphatic heterocycles. The highest BCUT2D eigenvalue weighted by atomic mass is 28.3. The summed E-state index contributed by atoms with van der Waals surface area (Å²) in [5.41, 5.74) is 3.19. The van der Waals surface area contributed by atoms with E-state index in [-0.39, 0.29) is 0 Å². The number of ether oxygens (including phenoxy) is 1. The van der Waals surface area contributed by atoms with E-state index in [0.717, 1.165) is 35.0 Å². The third-order valence-electron chi connectivity index (χ3n) is 6.63. The molecule has 1 aliphatic rings. The SMILES string of the molecule is CN1C=CN(c2cncc(Oc3ccc4c5ccccc5n(-c5ccc([Si](C)(C)C)cn5)c4c3)c2)C1. The molecule has 6 nitrogen and oxygen atoms in total. The van der Waals surface area contributed by atoms with Gasteiger partial charge in [-0.25, -0.2) is 4.98 Å². The monoisotopic (exact) mass is 491 g/mol. The molecule has 0 saturated carbocycles. The van der Waals surface area contributed by atoms with Crippen LogP contribution in [0.3, 0.4) is 0 Å². The second kappa shape index (κ2) is 8.53. The molecule has 0 atom stereocenters. The largest absolute Gasteiger partial charge is 0.456 e. The number of aromatic nitrogens is 3. The van der Waals surface area contributed by atoms with Gasteiger partial charge in [-0.15, -0.1) is 0 Å². The normalized spacial score (nSPS) is 13.8. The van der Waals surface area contributed by atoms with E-state index in [1.54, 1.807) is 6.20 Å². The van der Waals surface area contributed by atoms with E-state index in [4.69, 9.17) is 9.72 Å². The van der Waals surface area contributed by atoms with Crippen LogP contribution in [0.25, 0.3) is 27.6 Å². The van der Waals surface area contributed by atoms with E-state index < -0.39 is 8.07 Å². The summed E-state index contributed by atoms with van der Waals surface area (Å²) in [6.45, 7) is 7.82. The molecular weight excluding hydrogens is 462 g/mol. The topological polar surface area (TPSA) is 46.4 Å². The minimum atomic E-state index is -1.43. The molecule has 0 amide bonds. The van der Waals surface area contributed by atoms with Gasteiger partial charge in [0.05, 0.1) is 43.9 Å². The quantitative estimate of drug-likeness (QED) is 0.278. The summed E-state index contributed by atoms with van der Waals surface area (Å²) in [5, 5.41) is 3.72. The third kappa shape index (κ3) is 4.01. The number of nitrogens with zero attached hydrogens (tertiary/aromatic N) is 5. The zero-order valence-corrected chi connectivity index (χ0v) is 22.0. The molecule has 0 unspecified atom stereocenters. The van der Waals surface area contributed by atoms with Crippen molar-refractivity contribution in [1.29, 1.82) is 0 Å². The van der Waals surface area contributed by atoms with Crippen LogP contribution in [0.2, 0.25) is 19.6 Å². The molecule has 0 fully saturated rings. The van der Waals surface area contributed by atoms with Gasteiger partial charge in [-0.3, -0.25) is 9.55 Å². The first-order valence-electron chi connectivity index (χ1n) is 12.1. The van der Waals surface area contributed by atoms with Crippen LogP contribution in [0.5, 0.6) is 11.5 Å². The smallest absolute Gasteiger partial charge is 0.147 e. The summed E-state index contributed by atoms with van der Waals surface area (Å²) in [6.07, 6.45) is 9.75. The Morgan fingerprint density at radius 2 is 1.64 bits per heavy atom. The van der Waals surface area contributed by atoms with Crippen LogP contribution < -0.4 is 14.8 Å². The van der Waals surface area contributed by atoms with Gasteiger partial charge in [-0.05, 0) is 29.5 Å². The number of rotatable bonds is 5. The van der Waals surface area contributed by atoms with Crippen molar-refractivity contribution in [2.75, 3.05) is 18.6 Å². The molecular formula is C29H29N5OSi. The summed E-state index contributed by atoms with van der Waals surface area (Å²) < 4.78 is 8.54. The molecule has 180 valence electrons. The average molecular weight is 492 g/mol. The van der Waals surface area contributed by atoms with Gasteiger partial charge in [0.2, 0.25) is 0 Å². The summed E-state index contributed by atoms with van der Waals surface area (Å²) in [7, 11) is 0.621. The second-order valence-corrected chi connectivity index (χ2v) is 15.4. The Kier molecular flexibility index (Phi) is 5.30. The van der Waals surface area contributed by atoms with Gasteiger partial charge in [0.15, 0.2) is 0 Å². The van der Waals surface area contributed by atoms with E-state index in [9.17, 15) is 0 Å². The van der Waals surface area contributed by atoms with Crippen LogP contribution in [0.15, 0.2) is 91.7 Å². The van der Waals surface area contributed by atoms with Gasteiger partial charge < -0.3 is 14.5 Å². The number of hydrogen-bond donors (Lipinski definition) is 0. The van der Waals surface area contributed by atoms with E-state index in [1.807, 2.05) is 44.0 Å². The number of pyridine rings is 2. The van der Waals surface area contributed by atoms with Gasteiger partial charge in [-0.2, -0.15) is 0 Å². The Morgan fingerprint density at radius 1 is 0.806 bits per heavy atom. The zero-order chi connectivity index (χ0) is 24.9. The molecule has 3 aromatic heterocycles. The Labute approximate surface area is 212 Å². The van der Waals surface area contributed by atoms with Crippen molar-refractivity contribution >= 4 is 40.8 Å². The summed E-state index contributed by atoms with van der Waals surface area (Å²) in [5.74, 6) is 2.38. The van der Waals surface area contributed by atoms with Crippen LogP contribution in [0.1, 0.15) is 0 Å². The number of hydrogen-bond acceptors (Lipinski definition) is 5. The second-order valence-electron chi connectivity index (χ2n) is 10.3. The van der Waals surface area contributed by atoms with E-state index in [1.165, 1.54) is 16.0 Å². The van der Waals surface area contributed by atoms with Crippen molar-refractivity contribution in [3.05, 3.63) is 91.7 Å². The highest BCUT2D eigenvalue weighted by molar-refractivity contribution is 6.88. The summed E-state index contributed by atoms with van der Waals surface area (Å²) in [4.78, 5) is 13.6. The van der Waals surface area contributed by atoms with E-state index >= 15 is 0 Å². The molecule has 7 heteroatoms. The zero-order valence-electron chi connectivity index (χ0n) is 21.0. The lowest BCUT2D eigenvalue weighted by Crippen LogP contribution is -2.37. The lowest BCUT2D eigenvalue weighted by molar-refractivity contribution is 0.479. The Hall–Kier alpha value is -4.10. The molecule has 4 heterocycles. The van der Waals surface area contributed by atoms with Crippen molar-refractivity contribution in [1.82, 2.24) is 19.4 Å². The number of para-hydroxylation sites is 1. The lowest BCUT2D eigenvalue weighted by atomic mass is 10.1. The minimum absolute atomic E-state index is 0.704. The standard InChI is InChI=1S/C29H29N5OSi/c1-32-13-14-33(20-32)21-15-23(18-30-17-21)35-22-9-11-26-25-7-5-6-8-27(25)34(28(26)16-22)29-12-10-24(19-31-29)36(2,3)4/h5-19H,20H2,1-4H3. The molecule has 36 heavy (non-hydrogen) atoms. The fourth-order valence-corrected chi connectivity index (χ4v) is 5.71. The molecule has 2 aromatic carbocycles. The number of anilines is 1. The maximum Gasteiger partial charge on any atom is 0.147 e. The molecule has 0 aliphatic carbocycles. The van der Waals surface area contributed by atoms with Crippen molar-refractivity contribution in [3.63, 3.8) is 0 Å². The molecule has 0 bridgehead atoms. The Morgan fingerprint density at radius 3 is 2.39 bits per heavy atom. The molecule has 0 saturated heterocycles. The van der Waals surface area contributed by atoms with Crippen molar-refractivity contribution in [2.24, 2.45) is 0 Å². The van der Waals surface area contributed by atoms with Gasteiger partial charge in [0, 0.05) is 48.5 Å². The van der Waals surface area contributed by atoms with Gasteiger partial charge >= 0.3 is 0 Å². The molecule has 5 aromatic rings. The van der Waals surface area contributed by atoms with Crippen LogP contribution >= 0.6 is 0 Å². The maximum absolute atomic E-state index is 6.31. The van der Waals surface area contributed by atoms with Crippen LogP contribution in [0.4, 0.5) is 5.69 Å². The Bertz CT molecular complexity index is 1600. The van der Waals surface area contributed by atoms with Gasteiger partial charge in [0.25, 0.3) is 0 Å². The first kappa shape index (κ1) is 22.4. The van der Waals surface area contributed by atoms with E-state index in [0.29, 0.717) is 5.75 Å². The van der Waals surface area contributed by atoms with E-state index in [2.05, 4.69) is 87.5 Å². The maximum atomic E-state index is 6.31. The first-order valence-corrected chi connectivity index (χ1v) is 15.6. The highest BCUT2D eigenvalue weighted by Gasteiger charge is 2.19. The summed E-state index contributed by atoms with van der Waals surface area (Å²) in [6, 6.07) is 21.1. The summed E-state index contributed by atoms with van der Waals surface area (Å²) >= 11 is 0. The first-order chi connectivity index (χ1) is 17.4. The average Bonchev–Trinajstić information content (AvgIpc) is 3.45. The Balaban J connectivity index is 1.41. The fourth-order valence-electron chi connectivity index (χ4n) is 4.68. The highest BCUT2D eigenvalue weighted by Crippen LogP contribution is 2.35. The minimum Gasteiger partial charge on any atom is -0.456 e. The number of benzene rings is 2. The molecule has 0 N–H and O–H groups in total. The predicted octanol–water partition coefficient (Wildman–Crippen LogP) is 6.09. The van der Waals surface area contributed by atoms with Crippen molar-refractivity contribution < 1.29 is 4.74 Å². The van der Waals surface area contributed by atoms with Gasteiger partial charge in [-0.1, -0.05) is 43.9 Å². The lowest BCUT2D eigenvalue weighted by Gasteiger charge is -2.18. The van der Waals surface area contributed by atoms with Gasteiger partial charge in [0.1, 0.15) is 17.3 Å². The fraction of sp³-hybridized carbons (Fsp3) is 0.172. The molecule has 0 spiro atoms. The van der Waals surface area contributed by atoms with Crippen LogP contribution in [-0.4, -0.2) is 41.2 Å². The molecule has 6 rings (SSSR count). The predicted molar refractivity (Wildman–Crippen MR) is 150 cm³/mol. The van der Waals surface area contributed by atoms with Crippen molar-refractivity contribution in [2.45, 2.75) is 19.6 Å². The van der Waals surface area contributed by atoms with Crippen LogP contribution in [0, 0.1) is 0 Å². The third-order valence-corrected chi connectivity index (χ3v) is 8.66. The van der Waals surface area contributed by atoms with Crippen molar-refractivity contribution in [3.8, 4) is 17.3 Å².